The van der Waals surface area contributed by atoms with E-state index in [1.165, 1.54) is 23.1 Å². The Morgan fingerprint density at radius 3 is 1.79 bits per heavy atom. The van der Waals surface area contributed by atoms with E-state index in [9.17, 15) is 0 Å². The van der Waals surface area contributed by atoms with Crippen LogP contribution in [-0.4, -0.2) is 0 Å². The second-order valence-electron chi connectivity index (χ2n) is 7.50. The first kappa shape index (κ1) is 15.2. The predicted molar refractivity (Wildman–Crippen MR) is 101 cm³/mol. The van der Waals surface area contributed by atoms with E-state index in [0.29, 0.717) is 5.92 Å². The van der Waals surface area contributed by atoms with Crippen LogP contribution in [0, 0.1) is 0 Å². The standard InChI is InChI=1S/C24H24/c1-23(2,20-14-8-4-9-15-20)24(21-16-10-5-11-17-21)18-22(24)19-12-6-3-7-13-19/h3-17,22H,18H2,1-2H3. The molecule has 3 aromatic rings. The minimum absolute atomic E-state index is 0.0795. The molecule has 1 aliphatic rings. The normalized spacial score (nSPS) is 23.0. The van der Waals surface area contributed by atoms with Crippen LogP contribution in [0.5, 0.6) is 0 Å². The van der Waals surface area contributed by atoms with Gasteiger partial charge in [0.1, 0.15) is 0 Å². The molecule has 0 heteroatoms. The Kier molecular flexibility index (Phi) is 3.57. The van der Waals surface area contributed by atoms with Crippen LogP contribution in [0.2, 0.25) is 0 Å². The number of rotatable bonds is 4. The van der Waals surface area contributed by atoms with E-state index in [4.69, 9.17) is 0 Å². The van der Waals surface area contributed by atoms with E-state index in [-0.39, 0.29) is 10.8 Å². The van der Waals surface area contributed by atoms with Crippen molar-refractivity contribution in [2.75, 3.05) is 0 Å². The van der Waals surface area contributed by atoms with Crippen LogP contribution in [0.15, 0.2) is 91.0 Å². The Balaban J connectivity index is 1.85. The van der Waals surface area contributed by atoms with Crippen LogP contribution < -0.4 is 0 Å². The molecule has 0 radical (unpaired) electrons. The van der Waals surface area contributed by atoms with Gasteiger partial charge >= 0.3 is 0 Å². The summed E-state index contributed by atoms with van der Waals surface area (Å²) in [6.45, 7) is 4.83. The van der Waals surface area contributed by atoms with Gasteiger partial charge in [0, 0.05) is 5.41 Å². The largest absolute Gasteiger partial charge is 0.0622 e. The highest BCUT2D eigenvalue weighted by Gasteiger charge is 2.64. The molecule has 2 atom stereocenters. The van der Waals surface area contributed by atoms with Crippen molar-refractivity contribution in [3.63, 3.8) is 0 Å². The SMILES string of the molecule is CC(C)(c1ccccc1)C1(c2ccccc2)CC1c1ccccc1. The van der Waals surface area contributed by atoms with Crippen molar-refractivity contribution in [3.8, 4) is 0 Å². The minimum Gasteiger partial charge on any atom is -0.0622 e. The molecule has 0 bridgehead atoms. The van der Waals surface area contributed by atoms with Crippen LogP contribution in [0.4, 0.5) is 0 Å². The lowest BCUT2D eigenvalue weighted by atomic mass is 9.66. The molecule has 4 rings (SSSR count). The molecule has 0 N–H and O–H groups in total. The van der Waals surface area contributed by atoms with Gasteiger partial charge in [-0.05, 0) is 34.4 Å². The van der Waals surface area contributed by atoms with Crippen LogP contribution in [-0.2, 0) is 10.8 Å². The van der Waals surface area contributed by atoms with Crippen molar-refractivity contribution in [2.45, 2.75) is 37.0 Å². The predicted octanol–water partition coefficient (Wildman–Crippen LogP) is 6.09. The van der Waals surface area contributed by atoms with Gasteiger partial charge in [0.05, 0.1) is 0 Å². The lowest BCUT2D eigenvalue weighted by Gasteiger charge is -2.37. The zero-order valence-corrected chi connectivity index (χ0v) is 14.4. The smallest absolute Gasteiger partial charge is 0.0119 e. The van der Waals surface area contributed by atoms with Gasteiger partial charge < -0.3 is 0 Å². The van der Waals surface area contributed by atoms with E-state index in [1.54, 1.807) is 0 Å². The molecule has 1 saturated carbocycles. The topological polar surface area (TPSA) is 0 Å². The molecule has 120 valence electrons. The summed E-state index contributed by atoms with van der Waals surface area (Å²) < 4.78 is 0. The molecule has 0 spiro atoms. The molecular formula is C24H24. The van der Waals surface area contributed by atoms with Gasteiger partial charge in [-0.3, -0.25) is 0 Å². The third-order valence-electron chi connectivity index (χ3n) is 6.06. The van der Waals surface area contributed by atoms with Crippen molar-refractivity contribution in [1.82, 2.24) is 0 Å². The fourth-order valence-corrected chi connectivity index (χ4v) is 4.57. The molecule has 0 amide bonds. The fourth-order valence-electron chi connectivity index (χ4n) is 4.57. The Hall–Kier alpha value is -2.34. The molecule has 0 aliphatic heterocycles. The first-order valence-electron chi connectivity index (χ1n) is 8.82. The van der Waals surface area contributed by atoms with Crippen LogP contribution in [0.25, 0.3) is 0 Å². The van der Waals surface area contributed by atoms with Crippen LogP contribution >= 0.6 is 0 Å². The summed E-state index contributed by atoms with van der Waals surface area (Å²) >= 11 is 0. The first-order chi connectivity index (χ1) is 11.7. The Morgan fingerprint density at radius 2 is 1.21 bits per heavy atom. The van der Waals surface area contributed by atoms with Gasteiger partial charge in [0.15, 0.2) is 0 Å². The molecule has 3 aromatic carbocycles. The maximum Gasteiger partial charge on any atom is 0.0119 e. The van der Waals surface area contributed by atoms with Crippen molar-refractivity contribution in [1.29, 1.82) is 0 Å². The summed E-state index contributed by atoms with van der Waals surface area (Å²) in [5, 5.41) is 0. The second-order valence-corrected chi connectivity index (χ2v) is 7.50. The van der Waals surface area contributed by atoms with E-state index in [0.717, 1.165) is 0 Å². The van der Waals surface area contributed by atoms with E-state index >= 15 is 0 Å². The summed E-state index contributed by atoms with van der Waals surface area (Å²) in [6.07, 6.45) is 1.21. The van der Waals surface area contributed by atoms with Crippen molar-refractivity contribution in [2.24, 2.45) is 0 Å². The zero-order valence-electron chi connectivity index (χ0n) is 14.4. The molecule has 0 saturated heterocycles. The highest BCUT2D eigenvalue weighted by Crippen LogP contribution is 2.69. The molecule has 0 aromatic heterocycles. The zero-order chi connectivity index (χ0) is 16.6. The second kappa shape index (κ2) is 5.63. The van der Waals surface area contributed by atoms with Crippen LogP contribution in [0.3, 0.4) is 0 Å². The van der Waals surface area contributed by atoms with Crippen molar-refractivity contribution >= 4 is 0 Å². The molecule has 2 unspecified atom stereocenters. The highest BCUT2D eigenvalue weighted by molar-refractivity contribution is 5.50. The van der Waals surface area contributed by atoms with Gasteiger partial charge in [0.2, 0.25) is 0 Å². The maximum atomic E-state index is 2.41. The maximum absolute atomic E-state index is 2.41. The van der Waals surface area contributed by atoms with Gasteiger partial charge in [-0.25, -0.2) is 0 Å². The van der Waals surface area contributed by atoms with Gasteiger partial charge in [-0.1, -0.05) is 105 Å². The molecular weight excluding hydrogens is 288 g/mol. The summed E-state index contributed by atoms with van der Waals surface area (Å²) in [5.74, 6) is 0.580. The van der Waals surface area contributed by atoms with E-state index in [1.807, 2.05) is 0 Å². The first-order valence-corrected chi connectivity index (χ1v) is 8.82. The quantitative estimate of drug-likeness (QED) is 0.547. The monoisotopic (exact) mass is 312 g/mol. The number of hydrogen-bond acceptors (Lipinski definition) is 0. The molecule has 0 heterocycles. The lowest BCUT2D eigenvalue weighted by molar-refractivity contribution is 0.380. The van der Waals surface area contributed by atoms with Crippen molar-refractivity contribution in [3.05, 3.63) is 108 Å². The molecule has 24 heavy (non-hydrogen) atoms. The molecule has 1 fully saturated rings. The van der Waals surface area contributed by atoms with Gasteiger partial charge in [-0.15, -0.1) is 0 Å². The number of benzene rings is 3. The van der Waals surface area contributed by atoms with E-state index in [2.05, 4.69) is 105 Å². The third-order valence-corrected chi connectivity index (χ3v) is 6.06. The Morgan fingerprint density at radius 1 is 0.708 bits per heavy atom. The summed E-state index contributed by atoms with van der Waals surface area (Å²) in [5.41, 5.74) is 4.60. The summed E-state index contributed by atoms with van der Waals surface area (Å²) in [4.78, 5) is 0. The number of hydrogen-bond donors (Lipinski definition) is 0. The van der Waals surface area contributed by atoms with Gasteiger partial charge in [0.25, 0.3) is 0 Å². The van der Waals surface area contributed by atoms with Crippen molar-refractivity contribution < 1.29 is 0 Å². The van der Waals surface area contributed by atoms with Gasteiger partial charge in [-0.2, -0.15) is 0 Å². The summed E-state index contributed by atoms with van der Waals surface area (Å²) in [7, 11) is 0. The molecule has 0 nitrogen and oxygen atoms in total. The lowest BCUT2D eigenvalue weighted by Crippen LogP contribution is -2.35. The van der Waals surface area contributed by atoms with Crippen LogP contribution in [0.1, 0.15) is 42.9 Å². The summed E-state index contributed by atoms with van der Waals surface area (Å²) in [6, 6.07) is 33.1. The molecule has 1 aliphatic carbocycles. The minimum atomic E-state index is 0.0795. The van der Waals surface area contributed by atoms with E-state index < -0.39 is 0 Å². The average Bonchev–Trinajstić information content (AvgIpc) is 3.42. The highest BCUT2D eigenvalue weighted by atomic mass is 14.7. The fraction of sp³-hybridized carbons (Fsp3) is 0.250. The third kappa shape index (κ3) is 2.21. The Labute approximate surface area is 145 Å². The average molecular weight is 312 g/mol. The Bertz CT molecular complexity index is 802.